The number of hydrogen-bond donors (Lipinski definition) is 2. The number of hydrogen-bond acceptors (Lipinski definition) is 4. The van der Waals surface area contributed by atoms with Gasteiger partial charge in [-0.1, -0.05) is 6.07 Å². The van der Waals surface area contributed by atoms with E-state index in [9.17, 15) is 4.79 Å². The second-order valence-electron chi connectivity index (χ2n) is 5.04. The van der Waals surface area contributed by atoms with Crippen LogP contribution in [0.4, 0.5) is 5.69 Å². The molecule has 0 saturated carbocycles. The normalized spacial score (nSPS) is 10.9. The molecule has 0 bridgehead atoms. The zero-order valence-electron chi connectivity index (χ0n) is 12.6. The molecule has 5 heteroatoms. The lowest BCUT2D eigenvalue weighted by atomic mass is 10.2. The quantitative estimate of drug-likeness (QED) is 0.797. The van der Waals surface area contributed by atoms with Crippen LogP contribution in [-0.4, -0.2) is 48.8 Å². The lowest BCUT2D eigenvalue weighted by molar-refractivity contribution is -0.117. The summed E-state index contributed by atoms with van der Waals surface area (Å²) < 4.78 is 5.23. The van der Waals surface area contributed by atoms with E-state index in [1.54, 1.807) is 7.11 Å². The highest BCUT2D eigenvalue weighted by Crippen LogP contribution is 2.25. The van der Waals surface area contributed by atoms with E-state index in [0.717, 1.165) is 5.56 Å². The number of carbonyl (C=O) groups is 1. The molecule has 1 aromatic carbocycles. The minimum Gasteiger partial charge on any atom is -0.495 e. The summed E-state index contributed by atoms with van der Waals surface area (Å²) in [6.45, 7) is 6.72. The van der Waals surface area contributed by atoms with Gasteiger partial charge in [-0.15, -0.1) is 0 Å². The highest BCUT2D eigenvalue weighted by Gasteiger charge is 2.15. The molecule has 2 N–H and O–H groups in total. The predicted octanol–water partition coefficient (Wildman–Crippen LogP) is 1.64. The Balaban J connectivity index is 2.72. The summed E-state index contributed by atoms with van der Waals surface area (Å²) >= 11 is 0. The molecular weight excluding hydrogens is 256 g/mol. The number of carbonyl (C=O) groups excluding carboxylic acids is 1. The fraction of sp³-hybridized carbons (Fsp3) is 0.533. The van der Waals surface area contributed by atoms with E-state index in [4.69, 9.17) is 9.84 Å². The zero-order chi connectivity index (χ0) is 15.1. The average molecular weight is 280 g/mol. The van der Waals surface area contributed by atoms with Crippen molar-refractivity contribution in [1.29, 1.82) is 0 Å². The maximum absolute atomic E-state index is 12.1. The minimum absolute atomic E-state index is 0.0409. The van der Waals surface area contributed by atoms with Crippen LogP contribution in [0.2, 0.25) is 0 Å². The summed E-state index contributed by atoms with van der Waals surface area (Å²) in [4.78, 5) is 14.0. The summed E-state index contributed by atoms with van der Waals surface area (Å²) in [5, 5.41) is 11.9. The third-order valence-electron chi connectivity index (χ3n) is 3.09. The van der Waals surface area contributed by atoms with E-state index in [1.807, 2.05) is 43.9 Å². The number of rotatable bonds is 7. The average Bonchev–Trinajstić information content (AvgIpc) is 2.38. The van der Waals surface area contributed by atoms with E-state index >= 15 is 0 Å². The van der Waals surface area contributed by atoms with Gasteiger partial charge >= 0.3 is 0 Å². The van der Waals surface area contributed by atoms with E-state index < -0.39 is 0 Å². The highest BCUT2D eigenvalue weighted by atomic mass is 16.5. The largest absolute Gasteiger partial charge is 0.495 e. The smallest absolute Gasteiger partial charge is 0.238 e. The van der Waals surface area contributed by atoms with Crippen molar-refractivity contribution in [2.24, 2.45) is 0 Å². The Hall–Kier alpha value is -1.59. The van der Waals surface area contributed by atoms with Crippen molar-refractivity contribution < 1.29 is 14.6 Å². The van der Waals surface area contributed by atoms with Gasteiger partial charge in [0.2, 0.25) is 5.91 Å². The number of amides is 1. The zero-order valence-corrected chi connectivity index (χ0v) is 12.6. The summed E-state index contributed by atoms with van der Waals surface area (Å²) in [5.41, 5.74) is 1.72. The van der Waals surface area contributed by atoms with Crippen molar-refractivity contribution >= 4 is 11.6 Å². The highest BCUT2D eigenvalue weighted by molar-refractivity contribution is 5.93. The van der Waals surface area contributed by atoms with Gasteiger partial charge in [-0.2, -0.15) is 0 Å². The van der Waals surface area contributed by atoms with E-state index in [0.29, 0.717) is 18.0 Å². The second kappa shape index (κ2) is 7.87. The van der Waals surface area contributed by atoms with Gasteiger partial charge in [0.15, 0.2) is 0 Å². The third kappa shape index (κ3) is 4.83. The van der Waals surface area contributed by atoms with Gasteiger partial charge in [-0.3, -0.25) is 9.69 Å². The van der Waals surface area contributed by atoms with Crippen LogP contribution in [0.1, 0.15) is 19.4 Å². The van der Waals surface area contributed by atoms with Gasteiger partial charge < -0.3 is 15.2 Å². The Morgan fingerprint density at radius 2 is 2.15 bits per heavy atom. The molecule has 1 amide bonds. The molecule has 0 aliphatic heterocycles. The molecule has 112 valence electrons. The van der Waals surface area contributed by atoms with Gasteiger partial charge in [-0.05, 0) is 38.5 Å². The topological polar surface area (TPSA) is 61.8 Å². The number of anilines is 1. The minimum atomic E-state index is -0.115. The molecule has 0 fully saturated rings. The van der Waals surface area contributed by atoms with Gasteiger partial charge in [0.05, 0.1) is 25.9 Å². The van der Waals surface area contributed by atoms with Crippen molar-refractivity contribution in [3.63, 3.8) is 0 Å². The first-order valence-corrected chi connectivity index (χ1v) is 6.77. The molecule has 0 spiro atoms. The SMILES string of the molecule is COc1ccc(C)cc1NC(=O)CN(CCO)C(C)C. The van der Waals surface area contributed by atoms with Crippen molar-refractivity contribution in [1.82, 2.24) is 4.90 Å². The number of aliphatic hydroxyl groups excluding tert-OH is 1. The predicted molar refractivity (Wildman–Crippen MR) is 80.2 cm³/mol. The number of methoxy groups -OCH3 is 1. The fourth-order valence-corrected chi connectivity index (χ4v) is 1.94. The molecule has 0 aromatic heterocycles. The number of nitrogens with one attached hydrogen (secondary N) is 1. The standard InChI is InChI=1S/C15H24N2O3/c1-11(2)17(7-8-18)10-15(19)16-13-9-12(3)5-6-14(13)20-4/h5-6,9,11,18H,7-8,10H2,1-4H3,(H,16,19). The molecule has 0 unspecified atom stereocenters. The summed E-state index contributed by atoms with van der Waals surface area (Å²) in [6.07, 6.45) is 0. The number of benzene rings is 1. The van der Waals surface area contributed by atoms with E-state index in [2.05, 4.69) is 5.32 Å². The Bertz CT molecular complexity index is 447. The van der Waals surface area contributed by atoms with E-state index in [-0.39, 0.29) is 25.1 Å². The number of nitrogens with zero attached hydrogens (tertiary/aromatic N) is 1. The molecule has 0 aliphatic rings. The number of aliphatic hydroxyl groups is 1. The molecule has 0 saturated heterocycles. The first kappa shape index (κ1) is 16.5. The number of ether oxygens (including phenoxy) is 1. The second-order valence-corrected chi connectivity index (χ2v) is 5.04. The van der Waals surface area contributed by atoms with Crippen LogP contribution in [0.5, 0.6) is 5.75 Å². The lowest BCUT2D eigenvalue weighted by Gasteiger charge is -2.24. The van der Waals surface area contributed by atoms with Gasteiger partial charge in [-0.25, -0.2) is 0 Å². The lowest BCUT2D eigenvalue weighted by Crippen LogP contribution is -2.39. The van der Waals surface area contributed by atoms with Crippen molar-refractivity contribution in [3.05, 3.63) is 23.8 Å². The summed E-state index contributed by atoms with van der Waals surface area (Å²) in [6, 6.07) is 5.84. The van der Waals surface area contributed by atoms with Crippen molar-refractivity contribution in [2.45, 2.75) is 26.8 Å². The molecule has 1 rings (SSSR count). The van der Waals surface area contributed by atoms with E-state index in [1.165, 1.54) is 0 Å². The fourth-order valence-electron chi connectivity index (χ4n) is 1.94. The molecule has 0 aliphatic carbocycles. The van der Waals surface area contributed by atoms with Crippen LogP contribution in [0.3, 0.4) is 0 Å². The number of aryl methyl sites for hydroxylation is 1. The van der Waals surface area contributed by atoms with Crippen LogP contribution in [0, 0.1) is 6.92 Å². The molecule has 0 radical (unpaired) electrons. The molecule has 0 heterocycles. The maximum Gasteiger partial charge on any atom is 0.238 e. The Labute approximate surface area is 120 Å². The first-order valence-electron chi connectivity index (χ1n) is 6.77. The summed E-state index contributed by atoms with van der Waals surface area (Å²) in [7, 11) is 1.58. The maximum atomic E-state index is 12.1. The molecule has 20 heavy (non-hydrogen) atoms. The Kier molecular flexibility index (Phi) is 6.48. The summed E-state index contributed by atoms with van der Waals surface area (Å²) in [5.74, 6) is 0.526. The monoisotopic (exact) mass is 280 g/mol. The molecule has 0 atom stereocenters. The molecule has 5 nitrogen and oxygen atoms in total. The van der Waals surface area contributed by atoms with Crippen LogP contribution < -0.4 is 10.1 Å². The first-order chi connectivity index (χ1) is 9.47. The molecule has 1 aromatic rings. The molecular formula is C15H24N2O3. The third-order valence-corrected chi connectivity index (χ3v) is 3.09. The van der Waals surface area contributed by atoms with Crippen LogP contribution in [0.25, 0.3) is 0 Å². The van der Waals surface area contributed by atoms with Gasteiger partial charge in [0, 0.05) is 12.6 Å². The van der Waals surface area contributed by atoms with Crippen LogP contribution in [-0.2, 0) is 4.79 Å². The van der Waals surface area contributed by atoms with Gasteiger partial charge in [0.25, 0.3) is 0 Å². The van der Waals surface area contributed by atoms with Crippen LogP contribution >= 0.6 is 0 Å². The van der Waals surface area contributed by atoms with Crippen molar-refractivity contribution in [3.8, 4) is 5.75 Å². The van der Waals surface area contributed by atoms with Crippen molar-refractivity contribution in [2.75, 3.05) is 32.1 Å². The van der Waals surface area contributed by atoms with Crippen LogP contribution in [0.15, 0.2) is 18.2 Å². The Morgan fingerprint density at radius 1 is 1.45 bits per heavy atom. The van der Waals surface area contributed by atoms with Gasteiger partial charge in [0.1, 0.15) is 5.75 Å². The Morgan fingerprint density at radius 3 is 2.70 bits per heavy atom.